The second kappa shape index (κ2) is 6.91. The fourth-order valence-electron chi connectivity index (χ4n) is 3.75. The van der Waals surface area contributed by atoms with E-state index in [1.54, 1.807) is 0 Å². The number of hydrogen-bond acceptors (Lipinski definition) is 3. The Balaban J connectivity index is 2.06. The molecule has 2 fully saturated rings. The Labute approximate surface area is 120 Å². The van der Waals surface area contributed by atoms with Crippen molar-refractivity contribution >= 4 is 11.9 Å². The summed E-state index contributed by atoms with van der Waals surface area (Å²) < 4.78 is 5.78. The van der Waals surface area contributed by atoms with Crippen molar-refractivity contribution in [3.63, 3.8) is 0 Å². The zero-order chi connectivity index (χ0) is 14.4. The average molecular weight is 280 g/mol. The predicted octanol–water partition coefficient (Wildman–Crippen LogP) is 3.45. The van der Waals surface area contributed by atoms with Crippen molar-refractivity contribution in [3.8, 4) is 0 Å². The zero-order valence-corrected chi connectivity index (χ0v) is 12.0. The van der Waals surface area contributed by atoms with Crippen LogP contribution in [0.25, 0.3) is 0 Å². The molecule has 0 aliphatic heterocycles. The third-order valence-corrected chi connectivity index (χ3v) is 4.71. The highest BCUT2D eigenvalue weighted by molar-refractivity contribution is 5.90. The van der Waals surface area contributed by atoms with Gasteiger partial charge >= 0.3 is 11.9 Å². The van der Waals surface area contributed by atoms with Crippen LogP contribution in [0, 0.1) is 5.92 Å². The number of hydrogen-bond donors (Lipinski definition) is 1. The van der Waals surface area contributed by atoms with E-state index in [0.29, 0.717) is 5.92 Å². The molecule has 0 unspecified atom stereocenters. The standard InChI is InChI=1S/C16H24O4/c17-14(18)9-10-15(19)20-16(11-5-2-6-12-16)13-7-3-1-4-8-13/h9-10,13H,1-8,11-12H2,(H,17,18). The third-order valence-electron chi connectivity index (χ3n) is 4.71. The van der Waals surface area contributed by atoms with Gasteiger partial charge in [0.05, 0.1) is 0 Å². The summed E-state index contributed by atoms with van der Waals surface area (Å²) in [5, 5.41) is 8.59. The Kier molecular flexibility index (Phi) is 5.21. The molecule has 0 aromatic heterocycles. The molecule has 2 rings (SSSR count). The van der Waals surface area contributed by atoms with Crippen LogP contribution >= 0.6 is 0 Å². The maximum Gasteiger partial charge on any atom is 0.331 e. The van der Waals surface area contributed by atoms with Crippen molar-refractivity contribution in [2.75, 3.05) is 0 Å². The van der Waals surface area contributed by atoms with Crippen molar-refractivity contribution in [1.29, 1.82) is 0 Å². The Bertz CT molecular complexity index is 374. The van der Waals surface area contributed by atoms with E-state index in [4.69, 9.17) is 9.84 Å². The Morgan fingerprint density at radius 3 is 2.15 bits per heavy atom. The molecule has 4 nitrogen and oxygen atoms in total. The number of carboxylic acids is 1. The van der Waals surface area contributed by atoms with E-state index < -0.39 is 11.9 Å². The van der Waals surface area contributed by atoms with Crippen LogP contribution in [0.1, 0.15) is 64.2 Å². The summed E-state index contributed by atoms with van der Waals surface area (Å²) in [7, 11) is 0. The summed E-state index contributed by atoms with van der Waals surface area (Å²) >= 11 is 0. The van der Waals surface area contributed by atoms with E-state index in [2.05, 4.69) is 0 Å². The maximum atomic E-state index is 11.9. The summed E-state index contributed by atoms with van der Waals surface area (Å²) in [4.78, 5) is 22.4. The topological polar surface area (TPSA) is 63.6 Å². The first kappa shape index (κ1) is 15.1. The molecular formula is C16H24O4. The van der Waals surface area contributed by atoms with Crippen molar-refractivity contribution in [2.45, 2.75) is 69.8 Å². The van der Waals surface area contributed by atoms with Crippen LogP contribution in [0.15, 0.2) is 12.2 Å². The van der Waals surface area contributed by atoms with Crippen molar-refractivity contribution in [2.24, 2.45) is 5.92 Å². The normalized spacial score (nSPS) is 23.6. The number of carbonyl (C=O) groups is 2. The van der Waals surface area contributed by atoms with Crippen LogP contribution in [0.4, 0.5) is 0 Å². The van der Waals surface area contributed by atoms with Crippen molar-refractivity contribution in [3.05, 3.63) is 12.2 Å². The summed E-state index contributed by atoms with van der Waals surface area (Å²) in [6, 6.07) is 0. The highest BCUT2D eigenvalue weighted by atomic mass is 16.6. The number of carboxylic acid groups (broad SMARTS) is 1. The van der Waals surface area contributed by atoms with E-state index >= 15 is 0 Å². The van der Waals surface area contributed by atoms with E-state index in [9.17, 15) is 9.59 Å². The van der Waals surface area contributed by atoms with Gasteiger partial charge in [-0.1, -0.05) is 25.7 Å². The molecule has 0 bridgehead atoms. The number of carbonyl (C=O) groups excluding carboxylic acids is 1. The van der Waals surface area contributed by atoms with Crippen LogP contribution in [0.3, 0.4) is 0 Å². The minimum absolute atomic E-state index is 0.335. The monoisotopic (exact) mass is 280 g/mol. The molecule has 0 atom stereocenters. The van der Waals surface area contributed by atoms with Gasteiger partial charge in [0.25, 0.3) is 0 Å². The average Bonchev–Trinajstić information content (AvgIpc) is 2.47. The van der Waals surface area contributed by atoms with Crippen LogP contribution in [0.2, 0.25) is 0 Å². The first-order chi connectivity index (χ1) is 9.62. The quantitative estimate of drug-likeness (QED) is 0.632. The fraction of sp³-hybridized carbons (Fsp3) is 0.750. The molecule has 2 aliphatic carbocycles. The largest absolute Gasteiger partial charge is 0.478 e. The number of ether oxygens (including phenoxy) is 1. The van der Waals surface area contributed by atoms with Gasteiger partial charge in [0, 0.05) is 12.2 Å². The van der Waals surface area contributed by atoms with E-state index in [1.807, 2.05) is 0 Å². The smallest absolute Gasteiger partial charge is 0.331 e. The lowest BCUT2D eigenvalue weighted by Crippen LogP contribution is -2.45. The molecule has 0 amide bonds. The van der Waals surface area contributed by atoms with Crippen LogP contribution in [-0.2, 0) is 14.3 Å². The lowest BCUT2D eigenvalue weighted by atomic mass is 9.69. The summed E-state index contributed by atoms with van der Waals surface area (Å²) in [6.07, 6.45) is 13.2. The Hall–Kier alpha value is -1.32. The molecule has 0 heterocycles. The number of aliphatic carboxylic acids is 1. The molecule has 2 aliphatic rings. The fourth-order valence-corrected chi connectivity index (χ4v) is 3.75. The molecule has 20 heavy (non-hydrogen) atoms. The van der Waals surface area contributed by atoms with Gasteiger partial charge in [-0.2, -0.15) is 0 Å². The molecule has 1 N–H and O–H groups in total. The summed E-state index contributed by atoms with van der Waals surface area (Å²) in [5.41, 5.74) is -0.335. The maximum absolute atomic E-state index is 11.9. The SMILES string of the molecule is O=C(O)C=CC(=O)OC1(C2CCCCC2)CCCCC1. The molecule has 0 spiro atoms. The Morgan fingerprint density at radius 1 is 0.950 bits per heavy atom. The molecular weight excluding hydrogens is 256 g/mol. The molecule has 4 heteroatoms. The van der Waals surface area contributed by atoms with Gasteiger partial charge in [-0.15, -0.1) is 0 Å². The molecule has 0 saturated heterocycles. The molecule has 2 saturated carbocycles. The predicted molar refractivity (Wildman–Crippen MR) is 75.3 cm³/mol. The lowest BCUT2D eigenvalue weighted by molar-refractivity contribution is -0.167. The minimum Gasteiger partial charge on any atom is -0.478 e. The molecule has 112 valence electrons. The van der Waals surface area contributed by atoms with Gasteiger partial charge in [0.1, 0.15) is 5.60 Å². The number of esters is 1. The summed E-state index contributed by atoms with van der Waals surface area (Å²) in [6.45, 7) is 0. The highest BCUT2D eigenvalue weighted by Gasteiger charge is 2.43. The van der Waals surface area contributed by atoms with Gasteiger partial charge < -0.3 is 9.84 Å². The summed E-state index contributed by atoms with van der Waals surface area (Å²) in [5.74, 6) is -1.16. The van der Waals surface area contributed by atoms with Gasteiger partial charge in [0.2, 0.25) is 0 Å². The van der Waals surface area contributed by atoms with E-state index in [0.717, 1.165) is 50.7 Å². The molecule has 0 aromatic rings. The first-order valence-corrected chi connectivity index (χ1v) is 7.76. The lowest BCUT2D eigenvalue weighted by Gasteiger charge is -2.44. The number of rotatable bonds is 4. The van der Waals surface area contributed by atoms with Gasteiger partial charge in [0.15, 0.2) is 0 Å². The van der Waals surface area contributed by atoms with Gasteiger partial charge in [-0.25, -0.2) is 9.59 Å². The minimum atomic E-state index is -1.11. The first-order valence-electron chi connectivity index (χ1n) is 7.76. The second-order valence-corrected chi connectivity index (χ2v) is 6.05. The second-order valence-electron chi connectivity index (χ2n) is 6.05. The van der Waals surface area contributed by atoms with Crippen LogP contribution < -0.4 is 0 Å². The van der Waals surface area contributed by atoms with Gasteiger partial charge in [-0.3, -0.25) is 0 Å². The van der Waals surface area contributed by atoms with E-state index in [-0.39, 0.29) is 5.60 Å². The molecule has 0 radical (unpaired) electrons. The van der Waals surface area contributed by atoms with Gasteiger partial charge in [-0.05, 0) is 44.4 Å². The van der Waals surface area contributed by atoms with Crippen LogP contribution in [-0.4, -0.2) is 22.6 Å². The van der Waals surface area contributed by atoms with Crippen LogP contribution in [0.5, 0.6) is 0 Å². The van der Waals surface area contributed by atoms with Crippen molar-refractivity contribution < 1.29 is 19.4 Å². The molecule has 0 aromatic carbocycles. The third kappa shape index (κ3) is 3.84. The Morgan fingerprint density at radius 2 is 1.55 bits per heavy atom. The van der Waals surface area contributed by atoms with E-state index in [1.165, 1.54) is 25.7 Å². The zero-order valence-electron chi connectivity index (χ0n) is 12.0. The van der Waals surface area contributed by atoms with Crippen molar-refractivity contribution in [1.82, 2.24) is 0 Å². The highest BCUT2D eigenvalue weighted by Crippen LogP contribution is 2.44.